The molecule has 0 radical (unpaired) electrons. The molecule has 2 aliphatic rings. The van der Waals surface area contributed by atoms with E-state index in [4.69, 9.17) is 13.9 Å². The van der Waals surface area contributed by atoms with Crippen molar-refractivity contribution in [3.05, 3.63) is 24.2 Å². The third kappa shape index (κ3) is 5.32. The summed E-state index contributed by atoms with van der Waals surface area (Å²) >= 11 is 0. The van der Waals surface area contributed by atoms with Gasteiger partial charge in [0.05, 0.1) is 32.2 Å². The van der Waals surface area contributed by atoms with E-state index in [2.05, 4.69) is 15.2 Å². The number of nitrogens with zero attached hydrogens (tertiary/aromatic N) is 3. The summed E-state index contributed by atoms with van der Waals surface area (Å²) in [5.41, 5.74) is 0. The number of carbonyl (C=O) groups excluding carboxylic acids is 1. The zero-order valence-corrected chi connectivity index (χ0v) is 16.7. The van der Waals surface area contributed by atoms with Crippen LogP contribution in [0.4, 0.5) is 0 Å². The first-order valence-electron chi connectivity index (χ1n) is 8.25. The molecule has 0 aliphatic carbocycles. The smallest absolute Gasteiger partial charge is 0.289 e. The molecular formula is C16H25IN4O4. The van der Waals surface area contributed by atoms with Crippen LogP contribution in [0.2, 0.25) is 0 Å². The highest BCUT2D eigenvalue weighted by Crippen LogP contribution is 2.09. The van der Waals surface area contributed by atoms with Crippen LogP contribution in [-0.4, -0.2) is 87.4 Å². The van der Waals surface area contributed by atoms with Crippen LogP contribution in [0.25, 0.3) is 0 Å². The lowest BCUT2D eigenvalue weighted by Crippen LogP contribution is -2.55. The first-order chi connectivity index (χ1) is 11.8. The molecule has 1 N–H and O–H groups in total. The summed E-state index contributed by atoms with van der Waals surface area (Å²) in [7, 11) is 1.76. The Kier molecular flexibility index (Phi) is 7.97. The van der Waals surface area contributed by atoms with E-state index in [0.717, 1.165) is 19.0 Å². The molecule has 1 amide bonds. The maximum Gasteiger partial charge on any atom is 0.289 e. The monoisotopic (exact) mass is 464 g/mol. The summed E-state index contributed by atoms with van der Waals surface area (Å²) in [5, 5.41) is 3.33. The second-order valence-corrected chi connectivity index (χ2v) is 5.75. The normalized spacial score (nSPS) is 21.6. The van der Waals surface area contributed by atoms with Gasteiger partial charge in [-0.05, 0) is 12.1 Å². The Hall–Kier alpha value is -1.33. The number of guanidine groups is 1. The molecule has 8 nitrogen and oxygen atoms in total. The number of amides is 1. The van der Waals surface area contributed by atoms with Crippen molar-refractivity contribution in [2.75, 3.05) is 59.6 Å². The highest BCUT2D eigenvalue weighted by atomic mass is 127. The van der Waals surface area contributed by atoms with Gasteiger partial charge in [0.1, 0.15) is 0 Å². The van der Waals surface area contributed by atoms with E-state index < -0.39 is 0 Å². The molecule has 0 aromatic carbocycles. The zero-order valence-electron chi connectivity index (χ0n) is 14.3. The van der Waals surface area contributed by atoms with Crippen LogP contribution < -0.4 is 5.32 Å². The maximum absolute atomic E-state index is 12.3. The van der Waals surface area contributed by atoms with Gasteiger partial charge in [0.15, 0.2) is 11.7 Å². The van der Waals surface area contributed by atoms with E-state index in [0.29, 0.717) is 45.2 Å². The SMILES string of the molecule is CN=C(NCC1COCCO1)N1CCN(C(=O)c2ccco2)CC1.I. The van der Waals surface area contributed by atoms with Gasteiger partial charge < -0.3 is 29.0 Å². The zero-order chi connectivity index (χ0) is 16.8. The third-order valence-corrected chi connectivity index (χ3v) is 4.18. The van der Waals surface area contributed by atoms with Gasteiger partial charge in [-0.15, -0.1) is 24.0 Å². The summed E-state index contributed by atoms with van der Waals surface area (Å²) in [6.07, 6.45) is 1.57. The molecule has 2 saturated heterocycles. The van der Waals surface area contributed by atoms with E-state index in [1.807, 2.05) is 0 Å². The number of carbonyl (C=O) groups is 1. The Balaban J connectivity index is 0.00000225. The van der Waals surface area contributed by atoms with Gasteiger partial charge in [0.25, 0.3) is 5.91 Å². The summed E-state index contributed by atoms with van der Waals surface area (Å²) in [4.78, 5) is 20.6. The fourth-order valence-electron chi connectivity index (χ4n) is 2.87. The number of furan rings is 1. The predicted molar refractivity (Wildman–Crippen MR) is 104 cm³/mol. The molecule has 2 aliphatic heterocycles. The van der Waals surface area contributed by atoms with Crippen molar-refractivity contribution in [1.82, 2.24) is 15.1 Å². The van der Waals surface area contributed by atoms with E-state index in [1.165, 1.54) is 6.26 Å². The van der Waals surface area contributed by atoms with Crippen molar-refractivity contribution in [1.29, 1.82) is 0 Å². The average molecular weight is 464 g/mol. The number of hydrogen-bond donors (Lipinski definition) is 1. The first-order valence-corrected chi connectivity index (χ1v) is 8.25. The molecule has 3 heterocycles. The Morgan fingerprint density at radius 2 is 2.04 bits per heavy atom. The number of nitrogens with one attached hydrogen (secondary N) is 1. The minimum atomic E-state index is -0.0599. The summed E-state index contributed by atoms with van der Waals surface area (Å²) in [6, 6.07) is 3.42. The number of rotatable bonds is 3. The lowest BCUT2D eigenvalue weighted by Gasteiger charge is -2.36. The van der Waals surface area contributed by atoms with E-state index in [1.54, 1.807) is 24.1 Å². The highest BCUT2D eigenvalue weighted by molar-refractivity contribution is 14.0. The van der Waals surface area contributed by atoms with Gasteiger partial charge in [-0.1, -0.05) is 0 Å². The summed E-state index contributed by atoms with van der Waals surface area (Å²) in [6.45, 7) is 5.32. The van der Waals surface area contributed by atoms with Crippen molar-refractivity contribution in [3.8, 4) is 0 Å². The van der Waals surface area contributed by atoms with Crippen molar-refractivity contribution < 1.29 is 18.7 Å². The Morgan fingerprint density at radius 1 is 1.28 bits per heavy atom. The average Bonchev–Trinajstić information content (AvgIpc) is 3.18. The molecule has 1 aromatic heterocycles. The van der Waals surface area contributed by atoms with Crippen LogP contribution in [0.3, 0.4) is 0 Å². The molecule has 140 valence electrons. The molecule has 0 saturated carbocycles. The van der Waals surface area contributed by atoms with E-state index in [9.17, 15) is 4.79 Å². The van der Waals surface area contributed by atoms with E-state index >= 15 is 0 Å². The number of aliphatic imine (C=N–C) groups is 1. The molecule has 1 aromatic rings. The molecule has 0 bridgehead atoms. The number of ether oxygens (including phenoxy) is 2. The molecule has 9 heteroatoms. The fraction of sp³-hybridized carbons (Fsp3) is 0.625. The lowest BCUT2D eigenvalue weighted by molar-refractivity contribution is -0.0851. The summed E-state index contributed by atoms with van der Waals surface area (Å²) < 4.78 is 16.2. The molecule has 1 unspecified atom stereocenters. The van der Waals surface area contributed by atoms with Crippen molar-refractivity contribution >= 4 is 35.8 Å². The van der Waals surface area contributed by atoms with Gasteiger partial charge in [-0.25, -0.2) is 0 Å². The first kappa shape index (κ1) is 20.0. The van der Waals surface area contributed by atoms with Gasteiger partial charge in [-0.3, -0.25) is 9.79 Å². The van der Waals surface area contributed by atoms with Gasteiger partial charge in [0, 0.05) is 39.8 Å². The van der Waals surface area contributed by atoms with Crippen LogP contribution in [0.1, 0.15) is 10.6 Å². The van der Waals surface area contributed by atoms with Crippen LogP contribution in [0, 0.1) is 0 Å². The number of halogens is 1. The van der Waals surface area contributed by atoms with Crippen LogP contribution in [0.15, 0.2) is 27.8 Å². The Bertz CT molecular complexity index is 552. The molecule has 2 fully saturated rings. The standard InChI is InChI=1S/C16H24N4O4.HI/c1-17-16(18-11-13-12-22-9-10-23-13)20-6-4-19(5-7-20)15(21)14-3-2-8-24-14;/h2-3,8,13H,4-7,9-12H2,1H3,(H,17,18);1H. The lowest BCUT2D eigenvalue weighted by atomic mass is 10.3. The molecule has 25 heavy (non-hydrogen) atoms. The molecule has 3 rings (SSSR count). The van der Waals surface area contributed by atoms with Gasteiger partial charge in [0.2, 0.25) is 0 Å². The molecule has 1 atom stereocenters. The third-order valence-electron chi connectivity index (χ3n) is 4.18. The minimum absolute atomic E-state index is 0. The Labute approximate surface area is 164 Å². The van der Waals surface area contributed by atoms with Crippen molar-refractivity contribution in [2.24, 2.45) is 4.99 Å². The second-order valence-electron chi connectivity index (χ2n) is 5.75. The second kappa shape index (κ2) is 9.97. The van der Waals surface area contributed by atoms with Crippen molar-refractivity contribution in [2.45, 2.75) is 6.10 Å². The van der Waals surface area contributed by atoms with Crippen LogP contribution in [0.5, 0.6) is 0 Å². The minimum Gasteiger partial charge on any atom is -0.459 e. The Morgan fingerprint density at radius 3 is 2.64 bits per heavy atom. The molecular weight excluding hydrogens is 439 g/mol. The summed E-state index contributed by atoms with van der Waals surface area (Å²) in [5.74, 6) is 1.16. The van der Waals surface area contributed by atoms with Crippen LogP contribution in [-0.2, 0) is 9.47 Å². The van der Waals surface area contributed by atoms with E-state index in [-0.39, 0.29) is 36.0 Å². The predicted octanol–water partition coefficient (Wildman–Crippen LogP) is 0.646. The fourth-order valence-corrected chi connectivity index (χ4v) is 2.87. The quantitative estimate of drug-likeness (QED) is 0.402. The maximum atomic E-state index is 12.3. The largest absolute Gasteiger partial charge is 0.459 e. The topological polar surface area (TPSA) is 79.5 Å². The highest BCUT2D eigenvalue weighted by Gasteiger charge is 2.25. The van der Waals surface area contributed by atoms with Gasteiger partial charge in [-0.2, -0.15) is 0 Å². The number of piperazine rings is 1. The molecule has 0 spiro atoms. The number of hydrogen-bond acceptors (Lipinski definition) is 5. The van der Waals surface area contributed by atoms with Crippen molar-refractivity contribution in [3.63, 3.8) is 0 Å². The van der Waals surface area contributed by atoms with Gasteiger partial charge >= 0.3 is 0 Å². The van der Waals surface area contributed by atoms with Crippen LogP contribution >= 0.6 is 24.0 Å².